The van der Waals surface area contributed by atoms with E-state index in [-0.39, 0.29) is 0 Å². The predicted molar refractivity (Wildman–Crippen MR) is 85.6 cm³/mol. The van der Waals surface area contributed by atoms with Crippen LogP contribution in [0.3, 0.4) is 0 Å². The van der Waals surface area contributed by atoms with Crippen LogP contribution in [0.4, 0.5) is 11.6 Å². The number of aryl methyl sites for hydroxylation is 3. The molecular weight excluding hydrogens is 246 g/mol. The van der Waals surface area contributed by atoms with Crippen LogP contribution in [0.25, 0.3) is 0 Å². The average molecular weight is 271 g/mol. The summed E-state index contributed by atoms with van der Waals surface area (Å²) in [6.45, 7) is 7.44. The largest absolute Gasteiger partial charge is 0.326 e. The lowest BCUT2D eigenvalue weighted by molar-refractivity contribution is 0.686. The van der Waals surface area contributed by atoms with E-state index in [1.807, 2.05) is 6.92 Å². The van der Waals surface area contributed by atoms with Crippen molar-refractivity contribution < 1.29 is 0 Å². The Kier molecular flexibility index (Phi) is 5.22. The summed E-state index contributed by atoms with van der Waals surface area (Å²) in [5.74, 6) is 0.936. The molecule has 0 amide bonds. The van der Waals surface area contributed by atoms with Crippen LogP contribution >= 0.6 is 0 Å². The van der Waals surface area contributed by atoms with Crippen molar-refractivity contribution in [3.05, 3.63) is 41.7 Å². The normalized spacial score (nSPS) is 10.8. The minimum Gasteiger partial charge on any atom is -0.326 e. The maximum atomic E-state index is 4.55. The number of nitrogens with one attached hydrogen (secondary N) is 1. The molecule has 0 unspecified atom stereocenters. The Hall–Kier alpha value is -1.77. The summed E-state index contributed by atoms with van der Waals surface area (Å²) in [6.07, 6.45) is 6.88. The van der Waals surface area contributed by atoms with Gasteiger partial charge in [-0.3, -0.25) is 0 Å². The van der Waals surface area contributed by atoms with Crippen molar-refractivity contribution in [2.45, 2.75) is 53.0 Å². The van der Waals surface area contributed by atoms with Gasteiger partial charge in [0.15, 0.2) is 0 Å². The highest BCUT2D eigenvalue weighted by atomic mass is 15.2. The zero-order valence-electron chi connectivity index (χ0n) is 12.8. The van der Waals surface area contributed by atoms with E-state index in [9.17, 15) is 0 Å². The van der Waals surface area contributed by atoms with Crippen LogP contribution in [-0.2, 0) is 13.0 Å². The van der Waals surface area contributed by atoms with E-state index in [1.165, 1.54) is 24.8 Å². The first kappa shape index (κ1) is 14.6. The van der Waals surface area contributed by atoms with Gasteiger partial charge < -0.3 is 9.88 Å². The molecule has 0 atom stereocenters. The van der Waals surface area contributed by atoms with E-state index >= 15 is 0 Å². The predicted octanol–water partition coefficient (Wildman–Crippen LogP) is 4.69. The molecule has 1 heterocycles. The second kappa shape index (κ2) is 7.13. The summed E-state index contributed by atoms with van der Waals surface area (Å²) in [5, 5.41) is 3.41. The van der Waals surface area contributed by atoms with Gasteiger partial charge in [-0.2, -0.15) is 0 Å². The lowest BCUT2D eigenvalue weighted by Crippen LogP contribution is -2.02. The van der Waals surface area contributed by atoms with Crippen LogP contribution in [0.1, 0.15) is 44.4 Å². The maximum absolute atomic E-state index is 4.55. The molecule has 0 saturated carbocycles. The molecule has 3 heteroatoms. The number of hydrogen-bond acceptors (Lipinski definition) is 2. The molecule has 0 aliphatic rings. The summed E-state index contributed by atoms with van der Waals surface area (Å²) in [4.78, 5) is 4.55. The van der Waals surface area contributed by atoms with Crippen molar-refractivity contribution in [1.82, 2.24) is 9.55 Å². The Bertz CT molecular complexity index is 526. The zero-order valence-corrected chi connectivity index (χ0v) is 12.8. The maximum Gasteiger partial charge on any atom is 0.207 e. The Morgan fingerprint density at radius 1 is 1.10 bits per heavy atom. The SMILES string of the molecule is CCCCc1ccc(Nc2nc(C)cn2CCC)cc1. The topological polar surface area (TPSA) is 29.9 Å². The number of benzene rings is 1. The number of aromatic nitrogens is 2. The second-order valence-corrected chi connectivity index (χ2v) is 5.32. The van der Waals surface area contributed by atoms with Gasteiger partial charge in [0.1, 0.15) is 0 Å². The van der Waals surface area contributed by atoms with Crippen molar-refractivity contribution in [2.75, 3.05) is 5.32 Å². The Morgan fingerprint density at radius 3 is 2.50 bits per heavy atom. The molecule has 2 rings (SSSR count). The van der Waals surface area contributed by atoms with Crippen LogP contribution in [-0.4, -0.2) is 9.55 Å². The minimum absolute atomic E-state index is 0.936. The lowest BCUT2D eigenvalue weighted by Gasteiger charge is -2.09. The number of nitrogens with zero attached hydrogens (tertiary/aromatic N) is 2. The van der Waals surface area contributed by atoms with E-state index in [0.29, 0.717) is 0 Å². The summed E-state index contributed by atoms with van der Waals surface area (Å²) in [5.41, 5.74) is 3.57. The van der Waals surface area contributed by atoms with Gasteiger partial charge in [-0.1, -0.05) is 32.4 Å². The minimum atomic E-state index is 0.936. The second-order valence-electron chi connectivity index (χ2n) is 5.32. The third-order valence-electron chi connectivity index (χ3n) is 3.39. The Balaban J connectivity index is 2.06. The molecule has 3 nitrogen and oxygen atoms in total. The highest BCUT2D eigenvalue weighted by Crippen LogP contribution is 2.18. The van der Waals surface area contributed by atoms with Crippen molar-refractivity contribution >= 4 is 11.6 Å². The molecule has 1 aromatic carbocycles. The van der Waals surface area contributed by atoms with E-state index in [4.69, 9.17) is 0 Å². The Labute approximate surface area is 122 Å². The van der Waals surface area contributed by atoms with Gasteiger partial charge in [0.25, 0.3) is 0 Å². The number of anilines is 2. The first-order chi connectivity index (χ1) is 9.72. The fourth-order valence-electron chi connectivity index (χ4n) is 2.32. The quantitative estimate of drug-likeness (QED) is 0.792. The molecule has 1 aromatic heterocycles. The summed E-state index contributed by atoms with van der Waals surface area (Å²) in [6, 6.07) is 8.70. The summed E-state index contributed by atoms with van der Waals surface area (Å²) >= 11 is 0. The molecule has 1 N–H and O–H groups in total. The average Bonchev–Trinajstić information content (AvgIpc) is 2.78. The smallest absolute Gasteiger partial charge is 0.207 e. The highest BCUT2D eigenvalue weighted by molar-refractivity contribution is 5.54. The van der Waals surface area contributed by atoms with Crippen molar-refractivity contribution in [3.8, 4) is 0 Å². The number of rotatable bonds is 7. The first-order valence-corrected chi connectivity index (χ1v) is 7.62. The fourth-order valence-corrected chi connectivity index (χ4v) is 2.32. The van der Waals surface area contributed by atoms with Crippen LogP contribution < -0.4 is 5.32 Å². The number of unbranched alkanes of at least 4 members (excludes halogenated alkanes) is 1. The molecule has 108 valence electrons. The van der Waals surface area contributed by atoms with Gasteiger partial charge in [-0.05, 0) is 43.9 Å². The van der Waals surface area contributed by atoms with E-state index in [0.717, 1.165) is 30.3 Å². The van der Waals surface area contributed by atoms with Gasteiger partial charge in [0.05, 0.1) is 5.69 Å². The van der Waals surface area contributed by atoms with E-state index in [2.05, 4.69) is 59.2 Å². The van der Waals surface area contributed by atoms with Crippen molar-refractivity contribution in [2.24, 2.45) is 0 Å². The van der Waals surface area contributed by atoms with Crippen LogP contribution in [0.5, 0.6) is 0 Å². The number of imidazole rings is 1. The molecule has 0 spiro atoms. The molecule has 2 aromatic rings. The van der Waals surface area contributed by atoms with Gasteiger partial charge >= 0.3 is 0 Å². The standard InChI is InChI=1S/C17H25N3/c1-4-6-7-15-8-10-16(11-9-15)19-17-18-14(3)13-20(17)12-5-2/h8-11,13H,4-7,12H2,1-3H3,(H,18,19). The number of hydrogen-bond donors (Lipinski definition) is 1. The van der Waals surface area contributed by atoms with Gasteiger partial charge in [-0.15, -0.1) is 0 Å². The molecule has 0 saturated heterocycles. The monoisotopic (exact) mass is 271 g/mol. The molecule has 20 heavy (non-hydrogen) atoms. The molecular formula is C17H25N3. The molecule has 0 radical (unpaired) electrons. The lowest BCUT2D eigenvalue weighted by atomic mass is 10.1. The molecule has 0 fully saturated rings. The van der Waals surface area contributed by atoms with Gasteiger partial charge in [0, 0.05) is 18.4 Å². The van der Waals surface area contributed by atoms with Crippen LogP contribution in [0, 0.1) is 6.92 Å². The van der Waals surface area contributed by atoms with Crippen molar-refractivity contribution in [1.29, 1.82) is 0 Å². The van der Waals surface area contributed by atoms with Gasteiger partial charge in [-0.25, -0.2) is 4.98 Å². The van der Waals surface area contributed by atoms with Crippen LogP contribution in [0.15, 0.2) is 30.5 Å². The van der Waals surface area contributed by atoms with E-state index in [1.54, 1.807) is 0 Å². The third-order valence-corrected chi connectivity index (χ3v) is 3.39. The zero-order chi connectivity index (χ0) is 14.4. The van der Waals surface area contributed by atoms with E-state index < -0.39 is 0 Å². The molecule has 0 aliphatic carbocycles. The fraction of sp³-hybridized carbons (Fsp3) is 0.471. The summed E-state index contributed by atoms with van der Waals surface area (Å²) in [7, 11) is 0. The highest BCUT2D eigenvalue weighted by Gasteiger charge is 2.05. The Morgan fingerprint density at radius 2 is 1.85 bits per heavy atom. The van der Waals surface area contributed by atoms with Crippen LogP contribution in [0.2, 0.25) is 0 Å². The summed E-state index contributed by atoms with van der Waals surface area (Å²) < 4.78 is 2.18. The molecule has 0 bridgehead atoms. The van der Waals surface area contributed by atoms with Crippen molar-refractivity contribution in [3.63, 3.8) is 0 Å². The van der Waals surface area contributed by atoms with Gasteiger partial charge in [0.2, 0.25) is 5.95 Å². The first-order valence-electron chi connectivity index (χ1n) is 7.62. The molecule has 0 aliphatic heterocycles. The third kappa shape index (κ3) is 3.86.